The Labute approximate surface area is 138 Å². The first-order chi connectivity index (χ1) is 10.2. The van der Waals surface area contributed by atoms with E-state index in [0.717, 1.165) is 27.0 Å². The minimum Gasteiger partial charge on any atom is -0.482 e. The first-order valence-corrected chi connectivity index (χ1v) is 8.06. The van der Waals surface area contributed by atoms with Gasteiger partial charge in [-0.3, -0.25) is 4.79 Å². The molecule has 2 aromatic carbocycles. The molecule has 0 fully saturated rings. The van der Waals surface area contributed by atoms with E-state index in [1.54, 1.807) is 4.90 Å². The van der Waals surface area contributed by atoms with E-state index in [9.17, 15) is 4.79 Å². The third-order valence-electron chi connectivity index (χ3n) is 3.64. The van der Waals surface area contributed by atoms with E-state index in [-0.39, 0.29) is 12.5 Å². The Balaban J connectivity index is 1.89. The lowest BCUT2D eigenvalue weighted by Crippen LogP contribution is -2.38. The fraction of sp³-hybridized carbons (Fsp3) is 0.235. The van der Waals surface area contributed by atoms with Gasteiger partial charge in [0.1, 0.15) is 5.75 Å². The Morgan fingerprint density at radius 1 is 1.14 bits per heavy atom. The second-order valence-corrected chi connectivity index (χ2v) is 6.30. The molecule has 0 spiro atoms. The number of ether oxygens (including phenoxy) is 1. The van der Waals surface area contributed by atoms with Gasteiger partial charge in [-0.25, -0.2) is 0 Å². The van der Waals surface area contributed by atoms with Crippen molar-refractivity contribution in [2.45, 2.75) is 19.9 Å². The molecule has 2 aromatic rings. The number of hydrogen-bond donors (Lipinski definition) is 0. The number of halogens is 1. The lowest BCUT2D eigenvalue weighted by Gasteiger charge is -2.29. The van der Waals surface area contributed by atoms with Crippen molar-refractivity contribution in [1.29, 1.82) is 0 Å². The second kappa shape index (κ2) is 6.05. The van der Waals surface area contributed by atoms with Crippen molar-refractivity contribution < 1.29 is 9.53 Å². The standard InChI is InChI=1S/C17H16INO2/c1-2-12-3-5-13(6-4-12)10-19-15-8-7-14(18)9-16(15)21-11-17(19)20/h3-9H,2,10-11H2,1H3. The van der Waals surface area contributed by atoms with Crippen LogP contribution in [0.5, 0.6) is 5.75 Å². The number of hydrogen-bond acceptors (Lipinski definition) is 2. The SMILES string of the molecule is CCc1ccc(CN2C(=O)COc3cc(I)ccc32)cc1. The Hall–Kier alpha value is -1.56. The van der Waals surface area contributed by atoms with Crippen molar-refractivity contribution in [3.63, 3.8) is 0 Å². The second-order valence-electron chi connectivity index (χ2n) is 5.05. The predicted octanol–water partition coefficient (Wildman–Crippen LogP) is 3.78. The highest BCUT2D eigenvalue weighted by Gasteiger charge is 2.25. The molecule has 0 atom stereocenters. The summed E-state index contributed by atoms with van der Waals surface area (Å²) in [4.78, 5) is 14.0. The third kappa shape index (κ3) is 3.05. The smallest absolute Gasteiger partial charge is 0.265 e. The van der Waals surface area contributed by atoms with Gasteiger partial charge < -0.3 is 9.64 Å². The van der Waals surface area contributed by atoms with E-state index >= 15 is 0 Å². The van der Waals surface area contributed by atoms with Crippen LogP contribution in [0.1, 0.15) is 18.1 Å². The lowest BCUT2D eigenvalue weighted by molar-refractivity contribution is -0.121. The van der Waals surface area contributed by atoms with Crippen molar-refractivity contribution >= 4 is 34.2 Å². The molecule has 0 saturated heterocycles. The average molecular weight is 393 g/mol. The van der Waals surface area contributed by atoms with Crippen LogP contribution < -0.4 is 9.64 Å². The molecule has 1 aliphatic rings. The Morgan fingerprint density at radius 2 is 1.86 bits per heavy atom. The fourth-order valence-electron chi connectivity index (χ4n) is 2.41. The summed E-state index contributed by atoms with van der Waals surface area (Å²) in [7, 11) is 0. The predicted molar refractivity (Wildman–Crippen MR) is 91.7 cm³/mol. The van der Waals surface area contributed by atoms with Crippen LogP contribution in [0.2, 0.25) is 0 Å². The average Bonchev–Trinajstić information content (AvgIpc) is 2.51. The summed E-state index contributed by atoms with van der Waals surface area (Å²) in [5.74, 6) is 0.787. The zero-order chi connectivity index (χ0) is 14.8. The fourth-order valence-corrected chi connectivity index (χ4v) is 2.88. The minimum absolute atomic E-state index is 0.00303. The van der Waals surface area contributed by atoms with Crippen molar-refractivity contribution in [1.82, 2.24) is 0 Å². The monoisotopic (exact) mass is 393 g/mol. The number of rotatable bonds is 3. The van der Waals surface area contributed by atoms with E-state index in [1.807, 2.05) is 18.2 Å². The number of fused-ring (bicyclic) bond motifs is 1. The first-order valence-electron chi connectivity index (χ1n) is 6.98. The zero-order valence-corrected chi connectivity index (χ0v) is 14.0. The maximum absolute atomic E-state index is 12.2. The van der Waals surface area contributed by atoms with Crippen LogP contribution in [0.25, 0.3) is 0 Å². The van der Waals surface area contributed by atoms with Gasteiger partial charge in [0.2, 0.25) is 0 Å². The molecule has 3 rings (SSSR count). The van der Waals surface area contributed by atoms with Gasteiger partial charge in [-0.15, -0.1) is 0 Å². The van der Waals surface area contributed by atoms with E-state index in [0.29, 0.717) is 6.54 Å². The molecule has 0 radical (unpaired) electrons. The number of carbonyl (C=O) groups excluding carboxylic acids is 1. The summed E-state index contributed by atoms with van der Waals surface area (Å²) in [5, 5.41) is 0. The summed E-state index contributed by atoms with van der Waals surface area (Å²) in [6.45, 7) is 2.83. The molecular formula is C17H16INO2. The van der Waals surface area contributed by atoms with Crippen LogP contribution in [-0.4, -0.2) is 12.5 Å². The summed E-state index contributed by atoms with van der Waals surface area (Å²) < 4.78 is 6.63. The number of nitrogens with zero attached hydrogens (tertiary/aromatic N) is 1. The van der Waals surface area contributed by atoms with Gasteiger partial charge >= 0.3 is 0 Å². The van der Waals surface area contributed by atoms with Crippen LogP contribution in [0, 0.1) is 3.57 Å². The molecule has 0 N–H and O–H groups in total. The van der Waals surface area contributed by atoms with Crippen molar-refractivity contribution in [2.24, 2.45) is 0 Å². The zero-order valence-electron chi connectivity index (χ0n) is 11.8. The third-order valence-corrected chi connectivity index (χ3v) is 4.31. The number of benzene rings is 2. The maximum atomic E-state index is 12.2. The molecule has 0 aliphatic carbocycles. The van der Waals surface area contributed by atoms with Crippen LogP contribution in [0.15, 0.2) is 42.5 Å². The van der Waals surface area contributed by atoms with Gasteiger partial charge in [-0.1, -0.05) is 31.2 Å². The number of anilines is 1. The molecule has 108 valence electrons. The molecule has 3 nitrogen and oxygen atoms in total. The number of carbonyl (C=O) groups is 1. The molecular weight excluding hydrogens is 377 g/mol. The van der Waals surface area contributed by atoms with E-state index < -0.39 is 0 Å². The molecule has 1 amide bonds. The van der Waals surface area contributed by atoms with Crippen LogP contribution in [0.4, 0.5) is 5.69 Å². The molecule has 1 aliphatic heterocycles. The number of aryl methyl sites for hydroxylation is 1. The van der Waals surface area contributed by atoms with Gasteiger partial charge in [0.05, 0.1) is 12.2 Å². The topological polar surface area (TPSA) is 29.5 Å². The first kappa shape index (κ1) is 14.4. The highest BCUT2D eigenvalue weighted by Crippen LogP contribution is 2.34. The van der Waals surface area contributed by atoms with E-state index in [1.165, 1.54) is 5.56 Å². The molecule has 0 unspecified atom stereocenters. The Kier molecular flexibility index (Phi) is 4.14. The van der Waals surface area contributed by atoms with Crippen LogP contribution >= 0.6 is 22.6 Å². The molecule has 1 heterocycles. The largest absolute Gasteiger partial charge is 0.482 e. The Bertz CT molecular complexity index is 667. The van der Waals surface area contributed by atoms with Crippen molar-refractivity contribution in [2.75, 3.05) is 11.5 Å². The van der Waals surface area contributed by atoms with Gasteiger partial charge in [0.15, 0.2) is 6.61 Å². The van der Waals surface area contributed by atoms with Gasteiger partial charge in [0.25, 0.3) is 5.91 Å². The molecule has 4 heteroatoms. The highest BCUT2D eigenvalue weighted by molar-refractivity contribution is 14.1. The highest BCUT2D eigenvalue weighted by atomic mass is 127. The van der Waals surface area contributed by atoms with Crippen molar-refractivity contribution in [3.05, 3.63) is 57.2 Å². The minimum atomic E-state index is 0.00303. The van der Waals surface area contributed by atoms with Gasteiger partial charge in [-0.2, -0.15) is 0 Å². The van der Waals surface area contributed by atoms with Gasteiger partial charge in [0, 0.05) is 3.57 Å². The van der Waals surface area contributed by atoms with Crippen LogP contribution in [-0.2, 0) is 17.8 Å². The molecule has 21 heavy (non-hydrogen) atoms. The Morgan fingerprint density at radius 3 is 2.57 bits per heavy atom. The summed E-state index contributed by atoms with van der Waals surface area (Å²) in [5.41, 5.74) is 3.29. The van der Waals surface area contributed by atoms with Crippen molar-refractivity contribution in [3.8, 4) is 5.75 Å². The lowest BCUT2D eigenvalue weighted by atomic mass is 10.1. The molecule has 0 aromatic heterocycles. The van der Waals surface area contributed by atoms with E-state index in [2.05, 4.69) is 53.8 Å². The summed E-state index contributed by atoms with van der Waals surface area (Å²) in [6, 6.07) is 14.3. The number of amides is 1. The quantitative estimate of drug-likeness (QED) is 0.743. The van der Waals surface area contributed by atoms with Crippen LogP contribution in [0.3, 0.4) is 0 Å². The maximum Gasteiger partial charge on any atom is 0.265 e. The van der Waals surface area contributed by atoms with Gasteiger partial charge in [-0.05, 0) is 58.3 Å². The molecule has 0 saturated carbocycles. The molecule has 0 bridgehead atoms. The summed E-state index contributed by atoms with van der Waals surface area (Å²) >= 11 is 2.25. The van der Waals surface area contributed by atoms with E-state index in [4.69, 9.17) is 4.74 Å². The summed E-state index contributed by atoms with van der Waals surface area (Å²) in [6.07, 6.45) is 1.03. The normalized spacial score (nSPS) is 13.8.